The third-order valence-corrected chi connectivity index (χ3v) is 6.23. The number of methoxy groups -OCH3 is 1. The summed E-state index contributed by atoms with van der Waals surface area (Å²) in [5.74, 6) is -1.41. The Morgan fingerprint density at radius 2 is 1.37 bits per heavy atom. The van der Waals surface area contributed by atoms with E-state index in [-0.39, 0.29) is 16.0 Å². The molecule has 0 saturated heterocycles. The Morgan fingerprint density at radius 1 is 0.829 bits per heavy atom. The highest BCUT2D eigenvalue weighted by Crippen LogP contribution is 2.20. The topological polar surface area (TPSA) is 154 Å². The second kappa shape index (κ2) is 10.7. The van der Waals surface area contributed by atoms with Crippen LogP contribution in [0.1, 0.15) is 27.6 Å². The Bertz CT molecular complexity index is 1320. The third kappa shape index (κ3) is 6.58. The van der Waals surface area contributed by atoms with E-state index in [1.54, 1.807) is 24.3 Å². The van der Waals surface area contributed by atoms with Gasteiger partial charge in [0.2, 0.25) is 5.91 Å². The lowest BCUT2D eigenvalue weighted by Crippen LogP contribution is -2.30. The number of carbonyl (C=O) groups excluding carboxylic acids is 3. The van der Waals surface area contributed by atoms with Crippen LogP contribution >= 0.6 is 0 Å². The number of benzene rings is 3. The van der Waals surface area contributed by atoms with E-state index in [4.69, 9.17) is 15.2 Å². The molecule has 3 aromatic rings. The first-order valence-electron chi connectivity index (χ1n) is 10.3. The van der Waals surface area contributed by atoms with Gasteiger partial charge in [-0.15, -0.1) is 0 Å². The summed E-state index contributed by atoms with van der Waals surface area (Å²) in [5.41, 5.74) is 6.27. The molecule has 0 radical (unpaired) electrons. The molecule has 0 fully saturated rings. The number of nitrogens with one attached hydrogen (secondary N) is 2. The summed E-state index contributed by atoms with van der Waals surface area (Å²) >= 11 is 0. The van der Waals surface area contributed by atoms with E-state index in [0.29, 0.717) is 17.1 Å². The zero-order valence-corrected chi connectivity index (χ0v) is 19.7. The Balaban J connectivity index is 1.60. The number of anilines is 2. The van der Waals surface area contributed by atoms with Gasteiger partial charge in [0.25, 0.3) is 15.9 Å². The molecular formula is C24H23N3O7S. The fourth-order valence-corrected chi connectivity index (χ4v) is 3.95. The van der Waals surface area contributed by atoms with Gasteiger partial charge in [-0.25, -0.2) is 13.2 Å². The summed E-state index contributed by atoms with van der Waals surface area (Å²) in [5, 5.41) is 2.56. The molecule has 0 saturated carbocycles. The van der Waals surface area contributed by atoms with Gasteiger partial charge >= 0.3 is 5.97 Å². The van der Waals surface area contributed by atoms with Crippen molar-refractivity contribution in [1.82, 2.24) is 0 Å². The highest BCUT2D eigenvalue weighted by Gasteiger charge is 2.20. The molecule has 182 valence electrons. The van der Waals surface area contributed by atoms with Crippen LogP contribution in [0.3, 0.4) is 0 Å². The van der Waals surface area contributed by atoms with Crippen LogP contribution in [0.2, 0.25) is 0 Å². The number of hydrogen-bond acceptors (Lipinski definition) is 7. The number of hydrogen-bond donors (Lipinski definition) is 3. The van der Waals surface area contributed by atoms with Crippen LogP contribution in [0.15, 0.2) is 77.7 Å². The molecule has 1 unspecified atom stereocenters. The predicted octanol–water partition coefficient (Wildman–Crippen LogP) is 2.78. The Labute approximate surface area is 202 Å². The second-order valence-electron chi connectivity index (χ2n) is 7.34. The van der Waals surface area contributed by atoms with E-state index >= 15 is 0 Å². The fraction of sp³-hybridized carbons (Fsp3) is 0.125. The van der Waals surface area contributed by atoms with Gasteiger partial charge in [-0.05, 0) is 79.7 Å². The van der Waals surface area contributed by atoms with Gasteiger partial charge in [0, 0.05) is 16.9 Å². The number of primary amides is 1. The molecule has 0 bridgehead atoms. The smallest absolute Gasteiger partial charge is 0.338 e. The summed E-state index contributed by atoms with van der Waals surface area (Å²) in [4.78, 5) is 35.8. The van der Waals surface area contributed by atoms with E-state index in [9.17, 15) is 22.8 Å². The first-order valence-corrected chi connectivity index (χ1v) is 11.8. The number of esters is 1. The summed E-state index contributed by atoms with van der Waals surface area (Å²) < 4.78 is 37.8. The molecule has 0 heterocycles. The average molecular weight is 498 g/mol. The van der Waals surface area contributed by atoms with Crippen LogP contribution in [-0.2, 0) is 19.6 Å². The first kappa shape index (κ1) is 25.2. The van der Waals surface area contributed by atoms with Gasteiger partial charge < -0.3 is 20.5 Å². The van der Waals surface area contributed by atoms with Crippen molar-refractivity contribution in [3.05, 3.63) is 83.9 Å². The lowest BCUT2D eigenvalue weighted by molar-refractivity contribution is -0.123. The molecule has 0 aliphatic carbocycles. The minimum Gasteiger partial charge on any atom is -0.497 e. The quantitative estimate of drug-likeness (QED) is 0.384. The largest absolute Gasteiger partial charge is 0.497 e. The second-order valence-corrected chi connectivity index (χ2v) is 9.02. The number of sulfonamides is 1. The summed E-state index contributed by atoms with van der Waals surface area (Å²) in [6.45, 7) is 1.39. The highest BCUT2D eigenvalue weighted by atomic mass is 32.2. The fourth-order valence-electron chi connectivity index (χ4n) is 2.89. The molecule has 0 spiro atoms. The Kier molecular flexibility index (Phi) is 7.72. The summed E-state index contributed by atoms with van der Waals surface area (Å²) in [6.07, 6.45) is -1.14. The molecule has 10 nitrogen and oxygen atoms in total. The van der Waals surface area contributed by atoms with Gasteiger partial charge in [0.05, 0.1) is 17.6 Å². The van der Waals surface area contributed by atoms with Crippen molar-refractivity contribution < 1.29 is 32.3 Å². The van der Waals surface area contributed by atoms with Crippen molar-refractivity contribution in [2.24, 2.45) is 5.73 Å². The lowest BCUT2D eigenvalue weighted by atomic mass is 10.2. The van der Waals surface area contributed by atoms with Gasteiger partial charge in [0.1, 0.15) is 5.75 Å². The maximum atomic E-state index is 12.6. The van der Waals surface area contributed by atoms with E-state index in [2.05, 4.69) is 10.0 Å². The Morgan fingerprint density at radius 3 is 1.91 bits per heavy atom. The lowest BCUT2D eigenvalue weighted by Gasteiger charge is -2.14. The summed E-state index contributed by atoms with van der Waals surface area (Å²) in [7, 11) is -2.39. The van der Waals surface area contributed by atoms with Crippen LogP contribution in [0.25, 0.3) is 0 Å². The van der Waals surface area contributed by atoms with E-state index < -0.39 is 33.9 Å². The van der Waals surface area contributed by atoms with Crippen LogP contribution in [0.5, 0.6) is 5.75 Å². The maximum Gasteiger partial charge on any atom is 0.338 e. The monoisotopic (exact) mass is 497 g/mol. The van der Waals surface area contributed by atoms with E-state index in [0.717, 1.165) is 0 Å². The van der Waals surface area contributed by atoms with Gasteiger partial charge in [0.15, 0.2) is 6.10 Å². The number of nitrogens with two attached hydrogens (primary N) is 1. The SMILES string of the molecule is COc1ccc(NS(=O)(=O)c2ccc(C(=O)OC(C)C(=O)Nc3ccc(C(N)=O)cc3)cc2)cc1. The minimum absolute atomic E-state index is 0.0601. The molecule has 11 heteroatoms. The van der Waals surface area contributed by atoms with Crippen LogP contribution in [0, 0.1) is 0 Å². The molecule has 4 N–H and O–H groups in total. The van der Waals surface area contributed by atoms with Gasteiger partial charge in [-0.2, -0.15) is 0 Å². The molecule has 0 aliphatic heterocycles. The van der Waals surface area contributed by atoms with E-state index in [1.807, 2.05) is 0 Å². The van der Waals surface area contributed by atoms with Gasteiger partial charge in [-0.3, -0.25) is 14.3 Å². The molecule has 3 aromatic carbocycles. The molecule has 2 amide bonds. The standard InChI is InChI=1S/C24H23N3O7S/c1-15(23(29)26-18-7-3-16(4-8-18)22(25)28)34-24(30)17-5-13-21(14-6-17)35(31,32)27-19-9-11-20(33-2)12-10-19/h3-15,27H,1-2H3,(H2,25,28)(H,26,29). The molecular weight excluding hydrogens is 474 g/mol. The van der Waals surface area contributed by atoms with Crippen molar-refractivity contribution in [3.8, 4) is 5.75 Å². The first-order chi connectivity index (χ1) is 16.6. The van der Waals surface area contributed by atoms with Crippen molar-refractivity contribution >= 4 is 39.2 Å². The maximum absolute atomic E-state index is 12.6. The summed E-state index contributed by atoms with van der Waals surface area (Å²) in [6, 6.07) is 17.3. The predicted molar refractivity (Wildman–Crippen MR) is 129 cm³/mol. The number of amides is 2. The zero-order valence-electron chi connectivity index (χ0n) is 18.8. The zero-order chi connectivity index (χ0) is 25.6. The van der Waals surface area contributed by atoms with E-state index in [1.165, 1.54) is 62.6 Å². The molecule has 0 aromatic heterocycles. The molecule has 3 rings (SSSR count). The molecule has 35 heavy (non-hydrogen) atoms. The van der Waals surface area contributed by atoms with Crippen molar-refractivity contribution in [1.29, 1.82) is 0 Å². The molecule has 0 aliphatic rings. The Hall–Kier alpha value is -4.38. The van der Waals surface area contributed by atoms with Crippen LogP contribution in [0.4, 0.5) is 11.4 Å². The van der Waals surface area contributed by atoms with Crippen molar-refractivity contribution in [2.75, 3.05) is 17.1 Å². The minimum atomic E-state index is -3.89. The van der Waals surface area contributed by atoms with Crippen LogP contribution < -0.4 is 20.5 Å². The van der Waals surface area contributed by atoms with Crippen LogP contribution in [-0.4, -0.2) is 39.4 Å². The number of ether oxygens (including phenoxy) is 2. The van der Waals surface area contributed by atoms with Crippen molar-refractivity contribution in [3.63, 3.8) is 0 Å². The van der Waals surface area contributed by atoms with Gasteiger partial charge in [-0.1, -0.05) is 0 Å². The number of rotatable bonds is 9. The number of carbonyl (C=O) groups is 3. The highest BCUT2D eigenvalue weighted by molar-refractivity contribution is 7.92. The third-order valence-electron chi connectivity index (χ3n) is 4.83. The average Bonchev–Trinajstić information content (AvgIpc) is 2.84. The normalized spacial score (nSPS) is 11.7. The van der Waals surface area contributed by atoms with Crippen molar-refractivity contribution in [2.45, 2.75) is 17.9 Å². The molecule has 1 atom stereocenters.